The van der Waals surface area contributed by atoms with Gasteiger partial charge in [0.1, 0.15) is 22.8 Å². The normalized spacial score (nSPS) is 11.7. The lowest BCUT2D eigenvalue weighted by Gasteiger charge is -2.09. The van der Waals surface area contributed by atoms with Gasteiger partial charge in [-0.1, -0.05) is 17.7 Å². The van der Waals surface area contributed by atoms with E-state index in [1.165, 1.54) is 0 Å². The van der Waals surface area contributed by atoms with Crippen molar-refractivity contribution >= 4 is 9.84 Å². The molecule has 3 aromatic rings. The fourth-order valence-electron chi connectivity index (χ4n) is 2.51. The molecule has 0 fully saturated rings. The molecule has 0 bridgehead atoms. The lowest BCUT2D eigenvalue weighted by molar-refractivity contribution is 0.504. The van der Waals surface area contributed by atoms with Crippen molar-refractivity contribution in [3.05, 3.63) is 70.4 Å². The smallest absolute Gasteiger partial charge is 0.415 e. The Morgan fingerprint density at radius 1 is 1.04 bits per heavy atom. The summed E-state index contributed by atoms with van der Waals surface area (Å²) in [4.78, 5) is 11.0. The van der Waals surface area contributed by atoms with E-state index in [9.17, 15) is 22.0 Å². The molecule has 8 heteroatoms. The van der Waals surface area contributed by atoms with Gasteiger partial charge >= 0.3 is 5.76 Å². The van der Waals surface area contributed by atoms with Crippen LogP contribution >= 0.6 is 0 Å². The van der Waals surface area contributed by atoms with Gasteiger partial charge in [0, 0.05) is 11.8 Å². The van der Waals surface area contributed by atoms with Gasteiger partial charge in [-0.05, 0) is 31.2 Å². The highest BCUT2D eigenvalue weighted by atomic mass is 32.2. The van der Waals surface area contributed by atoms with Gasteiger partial charge in [0.2, 0.25) is 0 Å². The summed E-state index contributed by atoms with van der Waals surface area (Å²) in [5.74, 6) is -3.20. The van der Waals surface area contributed by atoms with E-state index in [1.807, 2.05) is 6.92 Å². The molecule has 0 amide bonds. The van der Waals surface area contributed by atoms with Crippen LogP contribution in [0.4, 0.5) is 8.78 Å². The van der Waals surface area contributed by atoms with Crippen molar-refractivity contribution < 1.29 is 21.6 Å². The molecule has 5 nitrogen and oxygen atoms in total. The van der Waals surface area contributed by atoms with Crippen molar-refractivity contribution in [2.45, 2.75) is 11.8 Å². The zero-order valence-corrected chi connectivity index (χ0v) is 14.1. The molecule has 130 valence electrons. The van der Waals surface area contributed by atoms with Gasteiger partial charge in [-0.25, -0.2) is 26.6 Å². The lowest BCUT2D eigenvalue weighted by atomic mass is 10.1. The minimum absolute atomic E-state index is 0.0196. The largest absolute Gasteiger partial charge is 0.424 e. The Hall–Kier alpha value is -2.74. The molecule has 1 aromatic heterocycles. The van der Waals surface area contributed by atoms with E-state index in [0.717, 1.165) is 28.5 Å². The average molecular weight is 365 g/mol. The van der Waals surface area contributed by atoms with Gasteiger partial charge in [0.15, 0.2) is 9.84 Å². The molecule has 0 spiro atoms. The first kappa shape index (κ1) is 17.1. The van der Waals surface area contributed by atoms with E-state index in [1.54, 1.807) is 24.3 Å². The van der Waals surface area contributed by atoms with Crippen molar-refractivity contribution in [1.29, 1.82) is 0 Å². The maximum atomic E-state index is 14.1. The van der Waals surface area contributed by atoms with Gasteiger partial charge in [-0.2, -0.15) is 0 Å². The maximum absolute atomic E-state index is 14.1. The second kappa shape index (κ2) is 5.96. The van der Waals surface area contributed by atoms with Crippen molar-refractivity contribution in [2.24, 2.45) is 0 Å². The van der Waals surface area contributed by atoms with Crippen LogP contribution in [-0.2, 0) is 9.84 Å². The third-order valence-electron chi connectivity index (χ3n) is 3.65. The van der Waals surface area contributed by atoms with Crippen LogP contribution in [0.25, 0.3) is 16.9 Å². The predicted octanol–water partition coefficient (Wildman–Crippen LogP) is 3.09. The third-order valence-corrected chi connectivity index (χ3v) is 4.78. The quantitative estimate of drug-likeness (QED) is 0.715. The Morgan fingerprint density at radius 2 is 1.60 bits per heavy atom. The van der Waals surface area contributed by atoms with Crippen LogP contribution < -0.4 is 5.76 Å². The zero-order valence-electron chi connectivity index (χ0n) is 13.3. The molecule has 0 N–H and O–H groups in total. The van der Waals surface area contributed by atoms with Crippen LogP contribution in [0.2, 0.25) is 0 Å². The van der Waals surface area contributed by atoms with Gasteiger partial charge in [-0.3, -0.25) is 0 Å². The number of hydrogen-bond donors (Lipinski definition) is 0. The molecule has 3 rings (SSSR count). The van der Waals surface area contributed by atoms with Crippen LogP contribution in [-0.4, -0.2) is 19.2 Å². The van der Waals surface area contributed by atoms with E-state index >= 15 is 0 Å². The van der Waals surface area contributed by atoms with E-state index in [0.29, 0.717) is 11.9 Å². The maximum Gasteiger partial charge on any atom is 0.424 e. The molecule has 0 saturated carbocycles. The summed E-state index contributed by atoms with van der Waals surface area (Å²) in [7, 11) is -4.07. The number of rotatable bonds is 3. The summed E-state index contributed by atoms with van der Waals surface area (Å²) in [5, 5.41) is 0. The number of aromatic nitrogens is 1. The molecule has 0 radical (unpaired) electrons. The molecule has 1 heterocycles. The van der Waals surface area contributed by atoms with Gasteiger partial charge < -0.3 is 4.42 Å². The Morgan fingerprint density at radius 3 is 2.12 bits per heavy atom. The van der Waals surface area contributed by atoms with Crippen LogP contribution in [0.5, 0.6) is 0 Å². The summed E-state index contributed by atoms with van der Waals surface area (Å²) in [5.41, 5.74) is 1.50. The van der Waals surface area contributed by atoms with Gasteiger partial charge in [-0.15, -0.1) is 0 Å². The van der Waals surface area contributed by atoms with E-state index in [2.05, 4.69) is 0 Å². The Bertz CT molecular complexity index is 1090. The number of aryl methyl sites for hydroxylation is 1. The minimum Gasteiger partial charge on any atom is -0.415 e. The highest BCUT2D eigenvalue weighted by molar-refractivity contribution is 7.90. The number of halogens is 2. The van der Waals surface area contributed by atoms with E-state index in [4.69, 9.17) is 4.42 Å². The standard InChI is InChI=1S/C17H13F2NO4S/c1-10-3-5-12(6-4-10)20-15(9-24-17(20)21)11-7-13(18)16(14(19)8-11)25(2,22)23/h3-9H,1-2H3. The summed E-state index contributed by atoms with van der Waals surface area (Å²) in [6.45, 7) is 1.87. The van der Waals surface area contributed by atoms with Crippen molar-refractivity contribution in [3.63, 3.8) is 0 Å². The second-order valence-corrected chi connectivity index (χ2v) is 7.55. The first-order valence-electron chi connectivity index (χ1n) is 7.15. The molecule has 0 atom stereocenters. The van der Waals surface area contributed by atoms with Crippen molar-refractivity contribution in [3.8, 4) is 16.9 Å². The summed E-state index contributed by atoms with van der Waals surface area (Å²) < 4.78 is 57.3. The van der Waals surface area contributed by atoms with E-state index < -0.39 is 32.1 Å². The van der Waals surface area contributed by atoms with Crippen molar-refractivity contribution in [1.82, 2.24) is 4.57 Å². The molecule has 25 heavy (non-hydrogen) atoms. The van der Waals surface area contributed by atoms with Crippen LogP contribution in [0.15, 0.2) is 56.8 Å². The summed E-state index contributed by atoms with van der Waals surface area (Å²) >= 11 is 0. The van der Waals surface area contributed by atoms with Crippen LogP contribution in [0, 0.1) is 18.6 Å². The first-order valence-corrected chi connectivity index (χ1v) is 9.04. The third kappa shape index (κ3) is 3.12. The SMILES string of the molecule is Cc1ccc(-n2c(-c3cc(F)c(S(C)(=O)=O)c(F)c3)coc2=O)cc1. The number of nitrogens with zero attached hydrogens (tertiary/aromatic N) is 1. The highest BCUT2D eigenvalue weighted by Crippen LogP contribution is 2.28. The molecule has 0 saturated heterocycles. The first-order chi connectivity index (χ1) is 11.7. The number of hydrogen-bond acceptors (Lipinski definition) is 4. The number of sulfone groups is 1. The number of benzene rings is 2. The topological polar surface area (TPSA) is 69.3 Å². The molecule has 0 unspecified atom stereocenters. The molecular formula is C17H13F2NO4S. The van der Waals surface area contributed by atoms with Crippen LogP contribution in [0.1, 0.15) is 5.56 Å². The Kier molecular flexibility index (Phi) is 4.08. The predicted molar refractivity (Wildman–Crippen MR) is 87.5 cm³/mol. The molecule has 0 aliphatic rings. The Balaban J connectivity index is 2.23. The van der Waals surface area contributed by atoms with Crippen LogP contribution in [0.3, 0.4) is 0 Å². The van der Waals surface area contributed by atoms with Gasteiger partial charge in [0.05, 0.1) is 11.4 Å². The molecule has 0 aliphatic carbocycles. The zero-order chi connectivity index (χ0) is 18.4. The minimum atomic E-state index is -4.07. The lowest BCUT2D eigenvalue weighted by Crippen LogP contribution is -2.13. The van der Waals surface area contributed by atoms with E-state index in [-0.39, 0.29) is 11.3 Å². The molecule has 2 aromatic carbocycles. The average Bonchev–Trinajstić information content (AvgIpc) is 2.87. The van der Waals surface area contributed by atoms with Gasteiger partial charge in [0.25, 0.3) is 0 Å². The summed E-state index contributed by atoms with van der Waals surface area (Å²) in [6.07, 6.45) is 1.78. The van der Waals surface area contributed by atoms with Crippen molar-refractivity contribution in [2.75, 3.05) is 6.26 Å². The number of oxazole rings is 1. The fraction of sp³-hybridized carbons (Fsp3) is 0.118. The molecular weight excluding hydrogens is 352 g/mol. The molecule has 0 aliphatic heterocycles. The highest BCUT2D eigenvalue weighted by Gasteiger charge is 2.23. The summed E-state index contributed by atoms with van der Waals surface area (Å²) in [6, 6.07) is 8.57. The second-order valence-electron chi connectivity index (χ2n) is 5.60. The fourth-order valence-corrected chi connectivity index (χ4v) is 3.33. The Labute approximate surface area is 142 Å². The monoisotopic (exact) mass is 365 g/mol.